The van der Waals surface area contributed by atoms with Gasteiger partial charge in [-0.3, -0.25) is 9.78 Å². The fourth-order valence-corrected chi connectivity index (χ4v) is 3.88. The first-order chi connectivity index (χ1) is 16.6. The molecule has 1 aliphatic rings. The zero-order valence-electron chi connectivity index (χ0n) is 19.6. The van der Waals surface area contributed by atoms with Crippen LogP contribution in [0.3, 0.4) is 0 Å². The zero-order chi connectivity index (χ0) is 23.8. The lowest BCUT2D eigenvalue weighted by Crippen LogP contribution is -2.30. The van der Waals surface area contributed by atoms with Gasteiger partial charge in [0.25, 0.3) is 5.91 Å². The van der Waals surface area contributed by atoms with Crippen LogP contribution in [0.5, 0.6) is 17.2 Å². The van der Waals surface area contributed by atoms with Gasteiger partial charge in [-0.2, -0.15) is 0 Å². The van der Waals surface area contributed by atoms with Gasteiger partial charge in [0, 0.05) is 36.9 Å². The third kappa shape index (κ3) is 6.26. The standard InChI is InChI=1S/C27H30N2O5/c1-31-25-13-22(14-26(15-25)32-2)27(30)29(17-23-7-3-4-10-28-23)16-20-6-5-8-24(12-20)34-19-21-9-11-33-18-21/h3-8,10,12-15,21H,9,11,16-19H2,1-2H3. The number of benzene rings is 2. The maximum atomic E-state index is 13.6. The number of hydrogen-bond donors (Lipinski definition) is 0. The molecule has 3 aromatic rings. The molecule has 0 N–H and O–H groups in total. The minimum absolute atomic E-state index is 0.141. The number of methoxy groups -OCH3 is 2. The molecule has 1 unspecified atom stereocenters. The smallest absolute Gasteiger partial charge is 0.254 e. The summed E-state index contributed by atoms with van der Waals surface area (Å²) < 4.78 is 22.2. The van der Waals surface area contributed by atoms with Crippen LogP contribution in [0.1, 0.15) is 28.0 Å². The lowest BCUT2D eigenvalue weighted by atomic mass is 10.1. The van der Waals surface area contributed by atoms with Crippen LogP contribution < -0.4 is 14.2 Å². The molecular weight excluding hydrogens is 432 g/mol. The van der Waals surface area contributed by atoms with Gasteiger partial charge < -0.3 is 23.8 Å². The van der Waals surface area contributed by atoms with Crippen LogP contribution in [0, 0.1) is 5.92 Å². The molecule has 0 spiro atoms. The van der Waals surface area contributed by atoms with Crippen molar-refractivity contribution in [3.8, 4) is 17.2 Å². The second kappa shape index (κ2) is 11.5. The monoisotopic (exact) mass is 462 g/mol. The van der Waals surface area contributed by atoms with Crippen molar-refractivity contribution in [1.29, 1.82) is 0 Å². The third-order valence-corrected chi connectivity index (χ3v) is 5.75. The van der Waals surface area contributed by atoms with Crippen molar-refractivity contribution in [1.82, 2.24) is 9.88 Å². The molecule has 0 bridgehead atoms. The Morgan fingerprint density at radius 1 is 1.00 bits per heavy atom. The molecule has 2 heterocycles. The summed E-state index contributed by atoms with van der Waals surface area (Å²) in [5, 5.41) is 0. The predicted octanol–water partition coefficient (Wildman–Crippen LogP) is 4.36. The van der Waals surface area contributed by atoms with Crippen LogP contribution in [0.4, 0.5) is 0 Å². The summed E-state index contributed by atoms with van der Waals surface area (Å²) in [6, 6.07) is 18.8. The van der Waals surface area contributed by atoms with Crippen molar-refractivity contribution < 1.29 is 23.7 Å². The zero-order valence-corrected chi connectivity index (χ0v) is 19.6. The second-order valence-corrected chi connectivity index (χ2v) is 8.27. The Morgan fingerprint density at radius 2 is 1.82 bits per heavy atom. The number of pyridine rings is 1. The molecule has 7 heteroatoms. The maximum Gasteiger partial charge on any atom is 0.254 e. The van der Waals surface area contributed by atoms with Crippen molar-refractivity contribution in [3.63, 3.8) is 0 Å². The van der Waals surface area contributed by atoms with Crippen LogP contribution in [0.15, 0.2) is 66.9 Å². The number of amides is 1. The Labute approximate surface area is 200 Å². The number of rotatable bonds is 10. The molecule has 1 atom stereocenters. The van der Waals surface area contributed by atoms with Gasteiger partial charge in [-0.15, -0.1) is 0 Å². The van der Waals surface area contributed by atoms with Crippen LogP contribution >= 0.6 is 0 Å². The fraction of sp³-hybridized carbons (Fsp3) is 0.333. The van der Waals surface area contributed by atoms with Crippen LogP contribution in [-0.2, 0) is 17.8 Å². The summed E-state index contributed by atoms with van der Waals surface area (Å²) in [7, 11) is 3.13. The molecule has 1 fully saturated rings. The summed E-state index contributed by atoms with van der Waals surface area (Å²) >= 11 is 0. The van der Waals surface area contributed by atoms with E-state index in [0.717, 1.165) is 36.6 Å². The van der Waals surface area contributed by atoms with Gasteiger partial charge in [0.1, 0.15) is 17.2 Å². The first-order valence-corrected chi connectivity index (χ1v) is 11.4. The van der Waals surface area contributed by atoms with Crippen molar-refractivity contribution >= 4 is 5.91 Å². The van der Waals surface area contributed by atoms with E-state index in [1.54, 1.807) is 43.5 Å². The minimum atomic E-state index is -0.141. The SMILES string of the molecule is COc1cc(OC)cc(C(=O)N(Cc2cccc(OCC3CCOC3)c2)Cc2ccccn2)c1. The van der Waals surface area contributed by atoms with Crippen molar-refractivity contribution in [2.45, 2.75) is 19.5 Å². The molecule has 7 nitrogen and oxygen atoms in total. The van der Waals surface area contributed by atoms with E-state index in [9.17, 15) is 4.79 Å². The predicted molar refractivity (Wildman–Crippen MR) is 128 cm³/mol. The number of ether oxygens (including phenoxy) is 4. The molecule has 1 aromatic heterocycles. The summed E-state index contributed by atoms with van der Waals surface area (Å²) in [6.45, 7) is 2.94. The number of aromatic nitrogens is 1. The molecule has 2 aromatic carbocycles. The van der Waals surface area contributed by atoms with Gasteiger partial charge in [-0.05, 0) is 48.4 Å². The number of carbonyl (C=O) groups is 1. The van der Waals surface area contributed by atoms with E-state index in [4.69, 9.17) is 18.9 Å². The Balaban J connectivity index is 1.55. The van der Waals surface area contributed by atoms with Gasteiger partial charge in [0.2, 0.25) is 0 Å². The molecular formula is C27H30N2O5. The number of hydrogen-bond acceptors (Lipinski definition) is 6. The van der Waals surface area contributed by atoms with Gasteiger partial charge in [-0.25, -0.2) is 0 Å². The first kappa shape index (κ1) is 23.6. The summed E-state index contributed by atoms with van der Waals surface area (Å²) in [4.78, 5) is 19.8. The fourth-order valence-electron chi connectivity index (χ4n) is 3.88. The van der Waals surface area contributed by atoms with Crippen LogP contribution in [-0.4, -0.2) is 49.8 Å². The first-order valence-electron chi connectivity index (χ1n) is 11.4. The van der Waals surface area contributed by atoms with E-state index < -0.39 is 0 Å². The molecule has 34 heavy (non-hydrogen) atoms. The molecule has 0 radical (unpaired) electrons. The van der Waals surface area contributed by atoms with Crippen molar-refractivity contribution in [2.24, 2.45) is 5.92 Å². The van der Waals surface area contributed by atoms with E-state index in [1.165, 1.54) is 0 Å². The summed E-state index contributed by atoms with van der Waals surface area (Å²) in [6.07, 6.45) is 2.75. The summed E-state index contributed by atoms with van der Waals surface area (Å²) in [5.41, 5.74) is 2.26. The van der Waals surface area contributed by atoms with Crippen LogP contribution in [0.25, 0.3) is 0 Å². The van der Waals surface area contributed by atoms with E-state index in [-0.39, 0.29) is 5.91 Å². The van der Waals surface area contributed by atoms with Gasteiger partial charge in [0.15, 0.2) is 0 Å². The normalized spacial score (nSPS) is 15.1. The van der Waals surface area contributed by atoms with Crippen molar-refractivity contribution in [2.75, 3.05) is 34.0 Å². The quantitative estimate of drug-likeness (QED) is 0.446. The highest BCUT2D eigenvalue weighted by atomic mass is 16.5. The number of carbonyl (C=O) groups excluding carboxylic acids is 1. The minimum Gasteiger partial charge on any atom is -0.497 e. The average Bonchev–Trinajstić information content (AvgIpc) is 3.41. The molecule has 1 saturated heterocycles. The highest BCUT2D eigenvalue weighted by Crippen LogP contribution is 2.25. The lowest BCUT2D eigenvalue weighted by molar-refractivity contribution is 0.0727. The van der Waals surface area contributed by atoms with Gasteiger partial charge >= 0.3 is 0 Å². The van der Waals surface area contributed by atoms with E-state index in [2.05, 4.69) is 4.98 Å². The second-order valence-electron chi connectivity index (χ2n) is 8.27. The van der Waals surface area contributed by atoms with Crippen LogP contribution in [0.2, 0.25) is 0 Å². The highest BCUT2D eigenvalue weighted by molar-refractivity contribution is 5.95. The van der Waals surface area contributed by atoms with Gasteiger partial charge in [0.05, 0.1) is 39.7 Å². The Kier molecular flexibility index (Phi) is 7.99. The Morgan fingerprint density at radius 3 is 2.50 bits per heavy atom. The largest absolute Gasteiger partial charge is 0.497 e. The van der Waals surface area contributed by atoms with E-state index in [1.807, 2.05) is 42.5 Å². The average molecular weight is 463 g/mol. The topological polar surface area (TPSA) is 70.1 Å². The van der Waals surface area contributed by atoms with E-state index in [0.29, 0.717) is 42.7 Å². The molecule has 1 aliphatic heterocycles. The Hall–Kier alpha value is -3.58. The van der Waals surface area contributed by atoms with Gasteiger partial charge in [-0.1, -0.05) is 18.2 Å². The number of nitrogens with zero attached hydrogens (tertiary/aromatic N) is 2. The third-order valence-electron chi connectivity index (χ3n) is 5.75. The molecule has 0 saturated carbocycles. The lowest BCUT2D eigenvalue weighted by Gasteiger charge is -2.23. The summed E-state index contributed by atoms with van der Waals surface area (Å²) in [5.74, 6) is 2.20. The Bertz CT molecular complexity index is 1060. The maximum absolute atomic E-state index is 13.6. The highest BCUT2D eigenvalue weighted by Gasteiger charge is 2.20. The molecule has 1 amide bonds. The molecule has 4 rings (SSSR count). The van der Waals surface area contributed by atoms with Crippen molar-refractivity contribution in [3.05, 3.63) is 83.7 Å². The molecule has 178 valence electrons. The van der Waals surface area contributed by atoms with E-state index >= 15 is 0 Å². The molecule has 0 aliphatic carbocycles.